The molecule has 3 aliphatic rings. The standard InChI is InChI=1S/C63H113NO18/c1-3-5-7-9-11-13-15-17-18-19-20-21-22-23-24-25-26-27-29-30-32-34-36-38-40-47(68)46(64-51(69)41-39-37-35-33-31-28-16-14-12-10-8-6-4-2)45-77-61-57(75)54(72)59(49(43-66)79-61)82-63-58(76)55(73)60(50(44-67)80-63)81-62-56(74)53(71)52(70)48(42-65)78-62/h14,16,25-26,30,32,38,40,46-50,52-63,65-68,70-76H,3-13,15,17-24,27-29,31,33-37,39,41-45H2,1-2H3,(H,64,69)/b16-14-,26-25+,32-30+,40-38+. The summed E-state index contributed by atoms with van der Waals surface area (Å²) in [5.41, 5.74) is 0. The predicted molar refractivity (Wildman–Crippen MR) is 314 cm³/mol. The normalized spacial score (nSPS) is 29.9. The Hall–Kier alpha value is -2.25. The van der Waals surface area contributed by atoms with Gasteiger partial charge < -0.3 is 89.9 Å². The maximum atomic E-state index is 13.3. The molecular formula is C63H113NO18. The van der Waals surface area contributed by atoms with Crippen molar-refractivity contribution in [2.24, 2.45) is 0 Å². The number of aliphatic hydroxyl groups excluding tert-OH is 11. The highest BCUT2D eigenvalue weighted by Gasteiger charge is 2.53. The Morgan fingerprint density at radius 3 is 1.23 bits per heavy atom. The average Bonchev–Trinajstić information content (AvgIpc) is 3.42. The van der Waals surface area contributed by atoms with Gasteiger partial charge >= 0.3 is 0 Å². The zero-order valence-electron chi connectivity index (χ0n) is 50.0. The van der Waals surface area contributed by atoms with Crippen LogP contribution < -0.4 is 5.32 Å². The fourth-order valence-corrected chi connectivity index (χ4v) is 10.6. The van der Waals surface area contributed by atoms with Crippen LogP contribution in [0.5, 0.6) is 0 Å². The zero-order chi connectivity index (χ0) is 59.7. The number of aliphatic hydroxyl groups is 11. The molecule has 3 aliphatic heterocycles. The van der Waals surface area contributed by atoms with Gasteiger partial charge in [0.15, 0.2) is 18.9 Å². The summed E-state index contributed by atoms with van der Waals surface area (Å²) in [6, 6.07) is -1.00. The van der Waals surface area contributed by atoms with Crippen LogP contribution in [0.1, 0.15) is 213 Å². The van der Waals surface area contributed by atoms with E-state index in [-0.39, 0.29) is 18.9 Å². The number of rotatable bonds is 47. The van der Waals surface area contributed by atoms with Crippen molar-refractivity contribution in [2.45, 2.75) is 317 Å². The number of hydrogen-bond acceptors (Lipinski definition) is 18. The first kappa shape index (κ1) is 74.0. The number of unbranched alkanes of at least 4 members (excludes halogenated alkanes) is 25. The monoisotopic (exact) mass is 1170 g/mol. The summed E-state index contributed by atoms with van der Waals surface area (Å²) in [7, 11) is 0. The molecule has 12 N–H and O–H groups in total. The van der Waals surface area contributed by atoms with E-state index in [1.54, 1.807) is 6.08 Å². The van der Waals surface area contributed by atoms with Gasteiger partial charge in [-0.05, 0) is 70.6 Å². The molecule has 3 rings (SSSR count). The van der Waals surface area contributed by atoms with Gasteiger partial charge in [-0.1, -0.05) is 184 Å². The highest BCUT2D eigenvalue weighted by atomic mass is 16.8. The van der Waals surface area contributed by atoms with Gasteiger partial charge in [-0.25, -0.2) is 0 Å². The molecule has 0 aliphatic carbocycles. The first-order valence-electron chi connectivity index (χ1n) is 31.9. The lowest BCUT2D eigenvalue weighted by Gasteiger charge is -2.48. The third kappa shape index (κ3) is 29.0. The summed E-state index contributed by atoms with van der Waals surface area (Å²) in [4.78, 5) is 13.3. The number of nitrogens with one attached hydrogen (secondary N) is 1. The van der Waals surface area contributed by atoms with Crippen LogP contribution in [0.15, 0.2) is 48.6 Å². The number of carbonyl (C=O) groups is 1. The maximum absolute atomic E-state index is 13.3. The largest absolute Gasteiger partial charge is 0.394 e. The number of carbonyl (C=O) groups excluding carboxylic acids is 1. The molecule has 0 aromatic rings. The average molecular weight is 1170 g/mol. The van der Waals surface area contributed by atoms with E-state index < -0.39 is 124 Å². The molecule has 0 saturated carbocycles. The number of allylic oxidation sites excluding steroid dienone is 7. The Balaban J connectivity index is 1.49. The lowest BCUT2D eigenvalue weighted by atomic mass is 9.96. The highest BCUT2D eigenvalue weighted by molar-refractivity contribution is 5.76. The van der Waals surface area contributed by atoms with Gasteiger partial charge in [0.1, 0.15) is 73.2 Å². The van der Waals surface area contributed by atoms with Crippen molar-refractivity contribution in [3.8, 4) is 0 Å². The molecule has 0 aromatic heterocycles. The summed E-state index contributed by atoms with van der Waals surface area (Å²) in [5, 5.41) is 120. The Bertz CT molecular complexity index is 1680. The summed E-state index contributed by atoms with van der Waals surface area (Å²) in [5.74, 6) is -0.300. The van der Waals surface area contributed by atoms with Crippen molar-refractivity contribution in [2.75, 3.05) is 26.4 Å². The van der Waals surface area contributed by atoms with Crippen molar-refractivity contribution in [1.29, 1.82) is 0 Å². The molecule has 82 heavy (non-hydrogen) atoms. The van der Waals surface area contributed by atoms with Crippen molar-refractivity contribution in [3.05, 3.63) is 48.6 Å². The first-order valence-corrected chi connectivity index (χ1v) is 31.9. The topological polar surface area (TPSA) is 307 Å². The van der Waals surface area contributed by atoms with Crippen LogP contribution in [-0.4, -0.2) is 193 Å². The predicted octanol–water partition coefficient (Wildman–Crippen LogP) is 6.65. The van der Waals surface area contributed by atoms with E-state index in [4.69, 9.17) is 28.4 Å². The molecule has 3 heterocycles. The Morgan fingerprint density at radius 1 is 0.427 bits per heavy atom. The van der Waals surface area contributed by atoms with E-state index in [2.05, 4.69) is 55.6 Å². The first-order chi connectivity index (χ1) is 39.8. The van der Waals surface area contributed by atoms with Crippen molar-refractivity contribution in [1.82, 2.24) is 5.32 Å². The van der Waals surface area contributed by atoms with E-state index in [0.29, 0.717) is 12.8 Å². The second-order valence-corrected chi connectivity index (χ2v) is 22.8. The molecule has 17 atom stereocenters. The summed E-state index contributed by atoms with van der Waals surface area (Å²) >= 11 is 0. The van der Waals surface area contributed by atoms with Crippen LogP contribution in [0.4, 0.5) is 0 Å². The molecule has 1 amide bonds. The molecule has 0 aromatic carbocycles. The third-order valence-corrected chi connectivity index (χ3v) is 15.8. The molecule has 3 fully saturated rings. The van der Waals surface area contributed by atoms with Crippen LogP contribution in [0.2, 0.25) is 0 Å². The second kappa shape index (κ2) is 46.0. The molecule has 0 bridgehead atoms. The van der Waals surface area contributed by atoms with Crippen molar-refractivity contribution in [3.63, 3.8) is 0 Å². The zero-order valence-corrected chi connectivity index (χ0v) is 50.0. The molecule has 17 unspecified atom stereocenters. The van der Waals surface area contributed by atoms with Crippen LogP contribution in [0.3, 0.4) is 0 Å². The van der Waals surface area contributed by atoms with Gasteiger partial charge in [0.2, 0.25) is 5.91 Å². The number of hydrogen-bond donors (Lipinski definition) is 12. The van der Waals surface area contributed by atoms with Crippen LogP contribution in [-0.2, 0) is 33.2 Å². The van der Waals surface area contributed by atoms with Crippen molar-refractivity contribution < 1.29 is 89.4 Å². The Labute approximate surface area is 491 Å². The molecular weight excluding hydrogens is 1060 g/mol. The molecule has 478 valence electrons. The maximum Gasteiger partial charge on any atom is 0.220 e. The molecule has 19 heteroatoms. The van der Waals surface area contributed by atoms with E-state index in [1.807, 2.05) is 6.08 Å². The van der Waals surface area contributed by atoms with E-state index in [0.717, 1.165) is 64.2 Å². The van der Waals surface area contributed by atoms with Gasteiger partial charge in [-0.3, -0.25) is 4.79 Å². The number of amides is 1. The lowest BCUT2D eigenvalue weighted by molar-refractivity contribution is -0.379. The lowest BCUT2D eigenvalue weighted by Crippen LogP contribution is -2.66. The van der Waals surface area contributed by atoms with E-state index in [9.17, 15) is 61.0 Å². The van der Waals surface area contributed by atoms with E-state index >= 15 is 0 Å². The Morgan fingerprint density at radius 2 is 0.780 bits per heavy atom. The second-order valence-electron chi connectivity index (χ2n) is 22.8. The minimum Gasteiger partial charge on any atom is -0.394 e. The van der Waals surface area contributed by atoms with Gasteiger partial charge in [-0.15, -0.1) is 0 Å². The summed E-state index contributed by atoms with van der Waals surface area (Å²) < 4.78 is 34.2. The van der Waals surface area contributed by atoms with Gasteiger partial charge in [0.05, 0.1) is 38.6 Å². The highest BCUT2D eigenvalue weighted by Crippen LogP contribution is 2.33. The molecule has 19 nitrogen and oxygen atoms in total. The minimum absolute atomic E-state index is 0.221. The molecule has 0 spiro atoms. The smallest absolute Gasteiger partial charge is 0.220 e. The van der Waals surface area contributed by atoms with Gasteiger partial charge in [0.25, 0.3) is 0 Å². The fourth-order valence-electron chi connectivity index (χ4n) is 10.6. The van der Waals surface area contributed by atoms with Gasteiger partial charge in [0, 0.05) is 6.42 Å². The van der Waals surface area contributed by atoms with E-state index in [1.165, 1.54) is 116 Å². The van der Waals surface area contributed by atoms with Crippen molar-refractivity contribution >= 4 is 5.91 Å². The third-order valence-electron chi connectivity index (χ3n) is 15.8. The van der Waals surface area contributed by atoms with Crippen LogP contribution in [0.25, 0.3) is 0 Å². The SMILES string of the molecule is CCCCCC/C=C\CCCCCCCC(=O)NC(COC1OC(CO)C(OC2OC(CO)C(OC3OC(CO)C(O)C(O)C3O)C(O)C2O)C(O)C1O)C(O)/C=C/CC/C=C/CC/C=C/CCCCCCCCCCCCCCCC. The summed E-state index contributed by atoms with van der Waals surface area (Å²) in [6.07, 6.45) is 25.3. The van der Waals surface area contributed by atoms with Crippen LogP contribution in [0, 0.1) is 0 Å². The molecule has 0 radical (unpaired) electrons. The van der Waals surface area contributed by atoms with Crippen LogP contribution >= 0.6 is 0 Å². The quantitative estimate of drug-likeness (QED) is 0.0224. The Kier molecular flexibility index (Phi) is 41.5. The number of ether oxygens (including phenoxy) is 6. The minimum atomic E-state index is -1.98. The fraction of sp³-hybridized carbons (Fsp3) is 0.857. The summed E-state index contributed by atoms with van der Waals surface area (Å²) in [6.45, 7) is 1.67. The van der Waals surface area contributed by atoms with Gasteiger partial charge in [-0.2, -0.15) is 0 Å². The molecule has 3 saturated heterocycles.